The third-order valence-corrected chi connectivity index (χ3v) is 3.09. The first-order valence-electron chi connectivity index (χ1n) is 7.15. The molecule has 0 radical (unpaired) electrons. The summed E-state index contributed by atoms with van der Waals surface area (Å²) in [6.45, 7) is 3.82. The third kappa shape index (κ3) is 3.73. The molecular weight excluding hydrogens is 292 g/mol. The number of nitrogens with zero attached hydrogens (tertiary/aromatic N) is 7. The predicted octanol–water partition coefficient (Wildman–Crippen LogP) is 1.71. The van der Waals surface area contributed by atoms with Crippen LogP contribution in [0.15, 0.2) is 41.5 Å². The molecule has 0 aliphatic heterocycles. The van der Waals surface area contributed by atoms with Crippen LogP contribution in [0.5, 0.6) is 0 Å². The standard InChI is InChI=1S/C15H16N8/c1-11-10-12(2)23(22-11)15-20-18-14(19-21-15)17-16-9-8-13-6-4-3-5-7-13/h3-7,9-10H,8H2,1-2H3,(H,17,18,19)/b16-9+. The second kappa shape index (κ2) is 6.73. The summed E-state index contributed by atoms with van der Waals surface area (Å²) in [5, 5.41) is 24.2. The summed E-state index contributed by atoms with van der Waals surface area (Å²) >= 11 is 0. The van der Waals surface area contributed by atoms with Crippen molar-refractivity contribution >= 4 is 12.2 Å². The molecular formula is C15H16N8. The van der Waals surface area contributed by atoms with Crippen molar-refractivity contribution in [1.82, 2.24) is 30.2 Å². The van der Waals surface area contributed by atoms with Crippen LogP contribution in [-0.4, -0.2) is 36.4 Å². The highest BCUT2D eigenvalue weighted by Crippen LogP contribution is 2.06. The van der Waals surface area contributed by atoms with Gasteiger partial charge < -0.3 is 0 Å². The predicted molar refractivity (Wildman–Crippen MR) is 86.5 cm³/mol. The van der Waals surface area contributed by atoms with Crippen molar-refractivity contribution in [2.45, 2.75) is 20.3 Å². The van der Waals surface area contributed by atoms with Crippen molar-refractivity contribution in [1.29, 1.82) is 0 Å². The molecule has 1 aromatic carbocycles. The van der Waals surface area contributed by atoms with E-state index < -0.39 is 0 Å². The zero-order valence-corrected chi connectivity index (χ0v) is 12.9. The Balaban J connectivity index is 1.60. The molecule has 2 heterocycles. The van der Waals surface area contributed by atoms with Crippen LogP contribution in [0.2, 0.25) is 0 Å². The lowest BCUT2D eigenvalue weighted by Gasteiger charge is -2.01. The summed E-state index contributed by atoms with van der Waals surface area (Å²) in [6, 6.07) is 12.0. The quantitative estimate of drug-likeness (QED) is 0.569. The van der Waals surface area contributed by atoms with E-state index in [1.54, 1.807) is 10.9 Å². The fourth-order valence-corrected chi connectivity index (χ4v) is 2.05. The minimum absolute atomic E-state index is 0.236. The van der Waals surface area contributed by atoms with Crippen LogP contribution in [0.4, 0.5) is 5.95 Å². The molecule has 2 aromatic heterocycles. The van der Waals surface area contributed by atoms with Crippen LogP contribution < -0.4 is 5.43 Å². The van der Waals surface area contributed by atoms with Crippen LogP contribution in [0, 0.1) is 13.8 Å². The van der Waals surface area contributed by atoms with Gasteiger partial charge >= 0.3 is 0 Å². The van der Waals surface area contributed by atoms with Gasteiger partial charge in [-0.15, -0.1) is 20.4 Å². The number of hydrogen-bond acceptors (Lipinski definition) is 7. The lowest BCUT2D eigenvalue weighted by molar-refractivity contribution is 0.711. The Labute approximate surface area is 133 Å². The van der Waals surface area contributed by atoms with Crippen molar-refractivity contribution in [3.63, 3.8) is 0 Å². The maximum Gasteiger partial charge on any atom is 0.289 e. The molecule has 3 rings (SSSR count). The molecule has 0 atom stereocenters. The second-order valence-electron chi connectivity index (χ2n) is 4.98. The highest BCUT2D eigenvalue weighted by Gasteiger charge is 2.07. The van der Waals surface area contributed by atoms with Crippen LogP contribution in [-0.2, 0) is 6.42 Å². The Morgan fingerprint density at radius 3 is 2.48 bits per heavy atom. The van der Waals surface area contributed by atoms with Gasteiger partial charge in [-0.2, -0.15) is 10.2 Å². The molecule has 0 saturated carbocycles. The van der Waals surface area contributed by atoms with Gasteiger partial charge in [0, 0.05) is 18.3 Å². The molecule has 0 saturated heterocycles. The first-order chi connectivity index (χ1) is 11.2. The first kappa shape index (κ1) is 14.8. The lowest BCUT2D eigenvalue weighted by Crippen LogP contribution is -2.10. The Hall–Kier alpha value is -3.16. The highest BCUT2D eigenvalue weighted by molar-refractivity contribution is 5.62. The average molecular weight is 308 g/mol. The number of hydrogen-bond donors (Lipinski definition) is 1. The van der Waals surface area contributed by atoms with E-state index in [1.165, 1.54) is 5.56 Å². The Morgan fingerprint density at radius 2 is 1.83 bits per heavy atom. The van der Waals surface area contributed by atoms with Crippen LogP contribution in [0.25, 0.3) is 5.95 Å². The summed E-state index contributed by atoms with van der Waals surface area (Å²) in [5.41, 5.74) is 5.69. The van der Waals surface area contributed by atoms with E-state index in [0.717, 1.165) is 17.8 Å². The normalized spacial score (nSPS) is 11.0. The molecule has 0 aliphatic carbocycles. The van der Waals surface area contributed by atoms with Gasteiger partial charge in [0.1, 0.15) is 0 Å². The van der Waals surface area contributed by atoms with E-state index in [4.69, 9.17) is 0 Å². The fourth-order valence-electron chi connectivity index (χ4n) is 2.05. The lowest BCUT2D eigenvalue weighted by atomic mass is 10.2. The minimum Gasteiger partial charge on any atom is -0.243 e. The van der Waals surface area contributed by atoms with Crippen molar-refractivity contribution < 1.29 is 0 Å². The van der Waals surface area contributed by atoms with E-state index in [1.807, 2.05) is 50.2 Å². The largest absolute Gasteiger partial charge is 0.289 e. The zero-order valence-electron chi connectivity index (χ0n) is 12.9. The fraction of sp³-hybridized carbons (Fsp3) is 0.200. The molecule has 0 spiro atoms. The van der Waals surface area contributed by atoms with E-state index in [9.17, 15) is 0 Å². The summed E-state index contributed by atoms with van der Waals surface area (Å²) in [4.78, 5) is 0. The van der Waals surface area contributed by atoms with E-state index in [-0.39, 0.29) is 5.95 Å². The molecule has 0 aliphatic rings. The third-order valence-electron chi connectivity index (χ3n) is 3.09. The van der Waals surface area contributed by atoms with Gasteiger partial charge in [-0.05, 0) is 25.5 Å². The number of nitrogens with one attached hydrogen (secondary N) is 1. The Bertz CT molecular complexity index is 792. The number of rotatable bonds is 5. The summed E-state index contributed by atoms with van der Waals surface area (Å²) in [5.74, 6) is 0.564. The number of anilines is 1. The summed E-state index contributed by atoms with van der Waals surface area (Å²) in [7, 11) is 0. The van der Waals surface area contributed by atoms with Gasteiger partial charge in [-0.25, -0.2) is 10.1 Å². The molecule has 1 N–H and O–H groups in total. The van der Waals surface area contributed by atoms with E-state index >= 15 is 0 Å². The molecule has 0 unspecified atom stereocenters. The molecule has 116 valence electrons. The zero-order chi connectivity index (χ0) is 16.1. The average Bonchev–Trinajstić information content (AvgIpc) is 2.92. The highest BCUT2D eigenvalue weighted by atomic mass is 15.5. The van der Waals surface area contributed by atoms with Crippen molar-refractivity contribution in [3.8, 4) is 5.95 Å². The van der Waals surface area contributed by atoms with Gasteiger partial charge in [0.2, 0.25) is 0 Å². The van der Waals surface area contributed by atoms with Crippen LogP contribution >= 0.6 is 0 Å². The monoisotopic (exact) mass is 308 g/mol. The Kier molecular flexibility index (Phi) is 4.32. The topological polar surface area (TPSA) is 93.8 Å². The van der Waals surface area contributed by atoms with Crippen LogP contribution in [0.1, 0.15) is 17.0 Å². The maximum absolute atomic E-state index is 4.28. The summed E-state index contributed by atoms with van der Waals surface area (Å²) < 4.78 is 1.60. The molecule has 0 bridgehead atoms. The number of aromatic nitrogens is 6. The molecule has 8 heteroatoms. The maximum atomic E-state index is 4.28. The van der Waals surface area contributed by atoms with Crippen molar-refractivity contribution in [2.75, 3.05) is 5.43 Å². The van der Waals surface area contributed by atoms with Crippen molar-refractivity contribution in [2.24, 2.45) is 5.10 Å². The molecule has 8 nitrogen and oxygen atoms in total. The van der Waals surface area contributed by atoms with Gasteiger partial charge in [0.25, 0.3) is 11.9 Å². The van der Waals surface area contributed by atoms with Gasteiger partial charge in [-0.1, -0.05) is 30.3 Å². The first-order valence-corrected chi connectivity index (χ1v) is 7.15. The smallest absolute Gasteiger partial charge is 0.243 e. The van der Waals surface area contributed by atoms with Gasteiger partial charge in [0.05, 0.1) is 5.69 Å². The molecule has 0 amide bonds. The van der Waals surface area contributed by atoms with E-state index in [0.29, 0.717) is 5.95 Å². The SMILES string of the molecule is Cc1cc(C)n(-c2nnc(N/N=C/Cc3ccccc3)nn2)n1. The number of hydrazone groups is 1. The summed E-state index contributed by atoms with van der Waals surface area (Å²) in [6.07, 6.45) is 2.46. The van der Waals surface area contributed by atoms with E-state index in [2.05, 4.69) is 36.0 Å². The van der Waals surface area contributed by atoms with Gasteiger partial charge in [-0.3, -0.25) is 0 Å². The molecule has 0 fully saturated rings. The van der Waals surface area contributed by atoms with Gasteiger partial charge in [0.15, 0.2) is 0 Å². The van der Waals surface area contributed by atoms with Crippen molar-refractivity contribution in [3.05, 3.63) is 53.3 Å². The number of benzene rings is 1. The minimum atomic E-state index is 0.236. The Morgan fingerprint density at radius 1 is 1.09 bits per heavy atom. The van der Waals surface area contributed by atoms with Crippen LogP contribution in [0.3, 0.4) is 0 Å². The number of aryl methyl sites for hydroxylation is 2. The molecule has 3 aromatic rings. The molecule has 23 heavy (non-hydrogen) atoms. The second-order valence-corrected chi connectivity index (χ2v) is 4.98.